The quantitative estimate of drug-likeness (QED) is 0.0535. The van der Waals surface area contributed by atoms with E-state index in [0.29, 0.717) is 0 Å². The molecule has 2 rings (SSSR count). The second kappa shape index (κ2) is 27.9. The summed E-state index contributed by atoms with van der Waals surface area (Å²) in [5.74, 6) is 0. The Hall–Kier alpha value is -1.99. The predicted octanol–water partition coefficient (Wildman–Crippen LogP) is 14.4. The predicted molar refractivity (Wildman–Crippen MR) is 208 cm³/mol. The van der Waals surface area contributed by atoms with E-state index in [0.717, 1.165) is 67.7 Å². The van der Waals surface area contributed by atoms with E-state index in [1.165, 1.54) is 119 Å². The summed E-state index contributed by atoms with van der Waals surface area (Å²) in [6.45, 7) is 13.5. The van der Waals surface area contributed by atoms with E-state index in [4.69, 9.17) is 9.98 Å². The molecule has 2 aromatic carbocycles. The van der Waals surface area contributed by atoms with Gasteiger partial charge >= 0.3 is 0 Å². The first-order chi connectivity index (χ1) is 22.6. The summed E-state index contributed by atoms with van der Waals surface area (Å²) in [6.07, 6.45) is 32.6. The maximum Gasteiger partial charge on any atom is 0.0848 e. The van der Waals surface area contributed by atoms with E-state index >= 15 is 0 Å². The summed E-state index contributed by atoms with van der Waals surface area (Å²) in [4.78, 5) is 10.7. The number of unbranched alkanes of at least 4 members (excludes halogenated alkanes) is 15. The number of allylic oxidation sites excluding steroid dienone is 2. The summed E-state index contributed by atoms with van der Waals surface area (Å²) in [7, 11) is 0. The molecule has 0 saturated heterocycles. The molecule has 0 fully saturated rings. The minimum absolute atomic E-state index is 0. The van der Waals surface area contributed by atoms with Crippen molar-refractivity contribution in [1.29, 1.82) is 0 Å². The Morgan fingerprint density at radius 1 is 0.468 bits per heavy atom. The van der Waals surface area contributed by atoms with Crippen LogP contribution in [0.5, 0.6) is 0 Å². The molecule has 0 aromatic heterocycles. The zero-order valence-electron chi connectivity index (χ0n) is 31.4. The number of rotatable bonds is 26. The van der Waals surface area contributed by atoms with Crippen molar-refractivity contribution in [2.24, 2.45) is 9.98 Å². The summed E-state index contributed by atoms with van der Waals surface area (Å²) < 4.78 is 0. The molecule has 0 spiro atoms. The molecule has 0 bridgehead atoms. The van der Waals surface area contributed by atoms with E-state index in [-0.39, 0.29) is 16.5 Å². The first-order valence-electron chi connectivity index (χ1n) is 19.6. The molecule has 0 radical (unpaired) electrons. The van der Waals surface area contributed by atoms with Crippen molar-refractivity contribution in [2.75, 3.05) is 0 Å². The SMILES string of the molecule is CCCCCCCCCCCCCCC/C=C/C(=N\c1cc(CC)cc(CC)c1)C(/CCCCC)=N/c1cc(CC)cc(CC)c1.[Ni]. The van der Waals surface area contributed by atoms with Crippen LogP contribution in [0.15, 0.2) is 58.5 Å². The third kappa shape index (κ3) is 19.0. The van der Waals surface area contributed by atoms with Gasteiger partial charge in [0.15, 0.2) is 0 Å². The summed E-state index contributed by atoms with van der Waals surface area (Å²) in [5.41, 5.74) is 9.78. The van der Waals surface area contributed by atoms with Gasteiger partial charge in [-0.3, -0.25) is 4.99 Å². The fourth-order valence-corrected chi connectivity index (χ4v) is 6.18. The number of nitrogens with zero attached hydrogens (tertiary/aromatic N) is 2. The zero-order chi connectivity index (χ0) is 33.2. The largest absolute Gasteiger partial charge is 0.251 e. The molecule has 0 atom stereocenters. The van der Waals surface area contributed by atoms with Crippen LogP contribution in [0.2, 0.25) is 0 Å². The molecule has 2 aromatic rings. The molecule has 0 aliphatic heterocycles. The fourth-order valence-electron chi connectivity index (χ4n) is 6.18. The molecule has 0 saturated carbocycles. The van der Waals surface area contributed by atoms with Crippen molar-refractivity contribution in [3.05, 3.63) is 70.8 Å². The van der Waals surface area contributed by atoms with E-state index in [1.807, 2.05) is 0 Å². The number of hydrogen-bond acceptors (Lipinski definition) is 2. The number of hydrogen-bond donors (Lipinski definition) is 0. The molecule has 47 heavy (non-hydrogen) atoms. The molecular weight excluding hydrogens is 615 g/mol. The normalized spacial score (nSPS) is 12.2. The van der Waals surface area contributed by atoms with Gasteiger partial charge in [0.05, 0.1) is 22.8 Å². The topological polar surface area (TPSA) is 24.7 Å². The minimum Gasteiger partial charge on any atom is -0.251 e. The second-order valence-electron chi connectivity index (χ2n) is 13.4. The van der Waals surface area contributed by atoms with Gasteiger partial charge < -0.3 is 0 Å². The van der Waals surface area contributed by atoms with Crippen LogP contribution < -0.4 is 0 Å². The third-order valence-corrected chi connectivity index (χ3v) is 9.28. The van der Waals surface area contributed by atoms with E-state index in [1.54, 1.807) is 0 Å². The van der Waals surface area contributed by atoms with Crippen LogP contribution in [-0.4, -0.2) is 11.4 Å². The summed E-state index contributed by atoms with van der Waals surface area (Å²) in [6, 6.07) is 13.8. The minimum atomic E-state index is 0. The molecule has 2 nitrogen and oxygen atoms in total. The van der Waals surface area contributed by atoms with Gasteiger partial charge in [0.1, 0.15) is 0 Å². The molecule has 0 aliphatic carbocycles. The Bertz CT molecular complexity index is 1130. The zero-order valence-corrected chi connectivity index (χ0v) is 32.4. The van der Waals surface area contributed by atoms with E-state index in [2.05, 4.69) is 90.1 Å². The van der Waals surface area contributed by atoms with Gasteiger partial charge in [0.2, 0.25) is 0 Å². The average molecular weight is 686 g/mol. The van der Waals surface area contributed by atoms with Gasteiger partial charge in [0, 0.05) is 16.5 Å². The molecule has 0 heterocycles. The van der Waals surface area contributed by atoms with Crippen molar-refractivity contribution < 1.29 is 16.5 Å². The summed E-state index contributed by atoms with van der Waals surface area (Å²) >= 11 is 0. The molecule has 266 valence electrons. The average Bonchev–Trinajstić information content (AvgIpc) is 3.08. The molecule has 0 amide bonds. The summed E-state index contributed by atoms with van der Waals surface area (Å²) in [5, 5.41) is 0. The molecule has 0 unspecified atom stereocenters. The van der Waals surface area contributed by atoms with Crippen LogP contribution in [0.4, 0.5) is 11.4 Å². The van der Waals surface area contributed by atoms with Gasteiger partial charge in [-0.05, 0) is 104 Å². The van der Waals surface area contributed by atoms with Crippen molar-refractivity contribution in [3.63, 3.8) is 0 Å². The number of benzene rings is 2. The third-order valence-electron chi connectivity index (χ3n) is 9.28. The van der Waals surface area contributed by atoms with Gasteiger partial charge in [0.25, 0.3) is 0 Å². The smallest absolute Gasteiger partial charge is 0.0848 e. The Labute approximate surface area is 301 Å². The maximum atomic E-state index is 5.35. The number of aryl methyl sites for hydroxylation is 4. The second-order valence-corrected chi connectivity index (χ2v) is 13.4. The van der Waals surface area contributed by atoms with Crippen LogP contribution in [0.3, 0.4) is 0 Å². The fraction of sp³-hybridized carbons (Fsp3) is 0.636. The van der Waals surface area contributed by atoms with Crippen molar-refractivity contribution in [1.82, 2.24) is 0 Å². The molecule has 0 aliphatic rings. The molecular formula is C44H70N2Ni. The van der Waals surface area contributed by atoms with Crippen LogP contribution >= 0.6 is 0 Å². The van der Waals surface area contributed by atoms with Crippen molar-refractivity contribution in [2.45, 2.75) is 183 Å². The van der Waals surface area contributed by atoms with E-state index in [9.17, 15) is 0 Å². The monoisotopic (exact) mass is 684 g/mol. The first-order valence-corrected chi connectivity index (χ1v) is 19.6. The van der Waals surface area contributed by atoms with Gasteiger partial charge in [-0.25, -0.2) is 4.99 Å². The Balaban J connectivity index is 0.0000110. The standard InChI is InChI=1S/C44H70N2.Ni/c1-7-13-15-16-17-18-19-20-21-22-23-24-25-26-28-30-44(46-42-35-39(11-5)32-40(12-6)36-42)43(29-27-14-8-2)45-41-33-37(9-3)31-38(10-4)34-41;/h28,30-36H,7-27,29H2,1-6H3;/b30-28+,45-43+,46-44+;. The molecule has 3 heteroatoms. The van der Waals surface area contributed by atoms with Crippen LogP contribution in [0, 0.1) is 0 Å². The van der Waals surface area contributed by atoms with Crippen molar-refractivity contribution in [3.8, 4) is 0 Å². The molecule has 0 N–H and O–H groups in total. The van der Waals surface area contributed by atoms with E-state index < -0.39 is 0 Å². The Morgan fingerprint density at radius 3 is 1.28 bits per heavy atom. The van der Waals surface area contributed by atoms with Crippen molar-refractivity contribution >= 4 is 22.8 Å². The van der Waals surface area contributed by atoms with Gasteiger partial charge in [-0.1, -0.05) is 150 Å². The Morgan fingerprint density at radius 2 is 0.851 bits per heavy atom. The van der Waals surface area contributed by atoms with Crippen LogP contribution in [0.1, 0.15) is 179 Å². The first kappa shape index (κ1) is 43.0. The number of aliphatic imine (C=N–C) groups is 2. The van der Waals surface area contributed by atoms with Crippen LogP contribution in [-0.2, 0) is 42.2 Å². The van der Waals surface area contributed by atoms with Gasteiger partial charge in [-0.2, -0.15) is 0 Å². The van der Waals surface area contributed by atoms with Crippen LogP contribution in [0.25, 0.3) is 0 Å². The van der Waals surface area contributed by atoms with Gasteiger partial charge in [-0.15, -0.1) is 0 Å². The Kier molecular flexibility index (Phi) is 25.6. The maximum absolute atomic E-state index is 5.35.